The third kappa shape index (κ3) is 5.33. The number of carbonyl (C=O) groups is 1. The van der Waals surface area contributed by atoms with E-state index in [1.807, 2.05) is 13.8 Å². The molecule has 1 amide bonds. The van der Waals surface area contributed by atoms with Gasteiger partial charge in [0.05, 0.1) is 25.1 Å². The molecule has 0 atom stereocenters. The highest BCUT2D eigenvalue weighted by Gasteiger charge is 2.24. The Morgan fingerprint density at radius 3 is 2.59 bits per heavy atom. The molecule has 7 heteroatoms. The van der Waals surface area contributed by atoms with Gasteiger partial charge in [0, 0.05) is 13.1 Å². The van der Waals surface area contributed by atoms with Gasteiger partial charge in [0.15, 0.2) is 5.75 Å². The van der Waals surface area contributed by atoms with E-state index in [4.69, 9.17) is 21.1 Å². The molecule has 6 nitrogen and oxygen atoms in total. The van der Waals surface area contributed by atoms with Crippen molar-refractivity contribution in [1.29, 1.82) is 0 Å². The predicted octanol–water partition coefficient (Wildman–Crippen LogP) is 3.16. The summed E-state index contributed by atoms with van der Waals surface area (Å²) in [6.45, 7) is 5.84. The van der Waals surface area contributed by atoms with Crippen molar-refractivity contribution in [3.05, 3.63) is 17.7 Å². The fourth-order valence-electron chi connectivity index (χ4n) is 2.40. The Balaban J connectivity index is 1.65. The maximum Gasteiger partial charge on any atom is 0.410 e. The Morgan fingerprint density at radius 2 is 2.00 bits per heavy atom. The lowest BCUT2D eigenvalue weighted by Gasteiger charge is -2.31. The summed E-state index contributed by atoms with van der Waals surface area (Å²) in [6.07, 6.45) is 5.78. The highest BCUT2D eigenvalue weighted by Crippen LogP contribution is 2.21. The number of ether oxygens (including phenoxy) is 2. The molecule has 2 rings (SSSR count). The van der Waals surface area contributed by atoms with Crippen LogP contribution in [0.2, 0.25) is 5.28 Å². The van der Waals surface area contributed by atoms with Crippen molar-refractivity contribution in [1.82, 2.24) is 14.9 Å². The lowest BCUT2D eigenvalue weighted by atomic mass is 9.94. The number of hydrogen-bond acceptors (Lipinski definition) is 5. The zero-order valence-corrected chi connectivity index (χ0v) is 13.8. The normalized spacial score (nSPS) is 15.9. The third-order valence-electron chi connectivity index (χ3n) is 3.60. The van der Waals surface area contributed by atoms with E-state index in [1.54, 1.807) is 17.3 Å². The molecule has 0 aromatic carbocycles. The third-order valence-corrected chi connectivity index (χ3v) is 3.80. The molecule has 122 valence electrons. The number of hydrogen-bond donors (Lipinski definition) is 0. The molecule has 0 spiro atoms. The van der Waals surface area contributed by atoms with Gasteiger partial charge in [-0.1, -0.05) is 0 Å². The Labute approximate surface area is 135 Å². The molecular weight excluding hydrogens is 306 g/mol. The number of aromatic nitrogens is 2. The van der Waals surface area contributed by atoms with Gasteiger partial charge in [-0.3, -0.25) is 0 Å². The smallest absolute Gasteiger partial charge is 0.410 e. The first-order valence-corrected chi connectivity index (χ1v) is 7.98. The van der Waals surface area contributed by atoms with Gasteiger partial charge in [-0.15, -0.1) is 0 Å². The van der Waals surface area contributed by atoms with Gasteiger partial charge in [0.2, 0.25) is 5.28 Å². The Kier molecular flexibility index (Phi) is 6.24. The Morgan fingerprint density at radius 1 is 1.36 bits per heavy atom. The van der Waals surface area contributed by atoms with Gasteiger partial charge < -0.3 is 14.4 Å². The summed E-state index contributed by atoms with van der Waals surface area (Å²) in [4.78, 5) is 21.3. The van der Waals surface area contributed by atoms with E-state index >= 15 is 0 Å². The van der Waals surface area contributed by atoms with Gasteiger partial charge in [-0.2, -0.15) is 0 Å². The molecule has 0 aliphatic carbocycles. The van der Waals surface area contributed by atoms with Crippen molar-refractivity contribution >= 4 is 17.7 Å². The zero-order chi connectivity index (χ0) is 15.9. The molecule has 1 aliphatic rings. The maximum atomic E-state index is 11.8. The van der Waals surface area contributed by atoms with Crippen LogP contribution in [-0.2, 0) is 4.74 Å². The van der Waals surface area contributed by atoms with Crippen LogP contribution in [0.5, 0.6) is 5.75 Å². The molecular formula is C15H22ClN3O3. The van der Waals surface area contributed by atoms with E-state index in [0.717, 1.165) is 32.4 Å². The van der Waals surface area contributed by atoms with Gasteiger partial charge >= 0.3 is 6.09 Å². The summed E-state index contributed by atoms with van der Waals surface area (Å²) in [5, 5.41) is 0.216. The number of amides is 1. The van der Waals surface area contributed by atoms with Gasteiger partial charge in [-0.05, 0) is 50.6 Å². The first kappa shape index (κ1) is 16.8. The maximum absolute atomic E-state index is 11.8. The SMILES string of the molecule is CC(C)OC(=O)N1CCC(CCOc2cnc(Cl)nc2)CC1. The quantitative estimate of drug-likeness (QED) is 0.777. The summed E-state index contributed by atoms with van der Waals surface area (Å²) in [6, 6.07) is 0. The van der Waals surface area contributed by atoms with E-state index in [-0.39, 0.29) is 17.5 Å². The van der Waals surface area contributed by atoms with E-state index in [0.29, 0.717) is 18.3 Å². The van der Waals surface area contributed by atoms with Crippen LogP contribution >= 0.6 is 11.6 Å². The van der Waals surface area contributed by atoms with Crippen LogP contribution in [0.15, 0.2) is 12.4 Å². The van der Waals surface area contributed by atoms with Crippen LogP contribution in [0.25, 0.3) is 0 Å². The van der Waals surface area contributed by atoms with Crippen molar-refractivity contribution < 1.29 is 14.3 Å². The molecule has 0 radical (unpaired) electrons. The number of piperidine rings is 1. The molecule has 1 aromatic heterocycles. The molecule has 1 aliphatic heterocycles. The van der Waals surface area contributed by atoms with Gasteiger partial charge in [0.25, 0.3) is 0 Å². The molecule has 1 aromatic rings. The summed E-state index contributed by atoms with van der Waals surface area (Å²) in [5.74, 6) is 1.19. The van der Waals surface area contributed by atoms with E-state index < -0.39 is 0 Å². The fourth-order valence-corrected chi connectivity index (χ4v) is 2.50. The number of carbonyl (C=O) groups excluding carboxylic acids is 1. The van der Waals surface area contributed by atoms with Crippen molar-refractivity contribution in [2.75, 3.05) is 19.7 Å². The molecule has 1 fully saturated rings. The largest absolute Gasteiger partial charge is 0.490 e. The standard InChI is InChI=1S/C15H22ClN3O3/c1-11(2)22-15(20)19-6-3-12(4-7-19)5-8-21-13-9-17-14(16)18-10-13/h9-12H,3-8H2,1-2H3. The van der Waals surface area contributed by atoms with Gasteiger partial charge in [0.1, 0.15) is 0 Å². The lowest BCUT2D eigenvalue weighted by molar-refractivity contribution is 0.0637. The zero-order valence-electron chi connectivity index (χ0n) is 13.0. The van der Waals surface area contributed by atoms with Crippen molar-refractivity contribution in [3.8, 4) is 5.75 Å². The summed E-state index contributed by atoms with van der Waals surface area (Å²) in [5.41, 5.74) is 0. The van der Waals surface area contributed by atoms with E-state index in [1.165, 1.54) is 0 Å². The highest BCUT2D eigenvalue weighted by atomic mass is 35.5. The van der Waals surface area contributed by atoms with Crippen LogP contribution in [0.4, 0.5) is 4.79 Å². The molecule has 0 unspecified atom stereocenters. The minimum absolute atomic E-state index is 0.0692. The van der Waals surface area contributed by atoms with Crippen LogP contribution in [0.3, 0.4) is 0 Å². The first-order chi connectivity index (χ1) is 10.5. The second kappa shape index (κ2) is 8.17. The van der Waals surface area contributed by atoms with Crippen LogP contribution in [0, 0.1) is 5.92 Å². The molecule has 22 heavy (non-hydrogen) atoms. The fraction of sp³-hybridized carbons (Fsp3) is 0.667. The molecule has 2 heterocycles. The van der Waals surface area contributed by atoms with Crippen LogP contribution in [-0.4, -0.2) is 46.8 Å². The summed E-state index contributed by atoms with van der Waals surface area (Å²) < 4.78 is 10.8. The summed E-state index contributed by atoms with van der Waals surface area (Å²) >= 11 is 5.62. The van der Waals surface area contributed by atoms with Crippen LogP contribution in [0.1, 0.15) is 33.1 Å². The van der Waals surface area contributed by atoms with Crippen molar-refractivity contribution in [2.24, 2.45) is 5.92 Å². The molecule has 0 saturated carbocycles. The molecule has 0 bridgehead atoms. The van der Waals surface area contributed by atoms with Crippen molar-refractivity contribution in [3.63, 3.8) is 0 Å². The molecule has 0 N–H and O–H groups in total. The Bertz CT molecular complexity index is 473. The van der Waals surface area contributed by atoms with E-state index in [9.17, 15) is 4.79 Å². The average Bonchev–Trinajstić information content (AvgIpc) is 2.49. The number of rotatable bonds is 5. The number of halogens is 1. The summed E-state index contributed by atoms with van der Waals surface area (Å²) in [7, 11) is 0. The predicted molar refractivity (Wildman–Crippen MR) is 83.1 cm³/mol. The lowest BCUT2D eigenvalue weighted by Crippen LogP contribution is -2.39. The average molecular weight is 328 g/mol. The monoisotopic (exact) mass is 327 g/mol. The van der Waals surface area contributed by atoms with E-state index in [2.05, 4.69) is 9.97 Å². The van der Waals surface area contributed by atoms with Crippen LogP contribution < -0.4 is 4.74 Å². The Hall–Kier alpha value is -1.56. The number of nitrogens with zero attached hydrogens (tertiary/aromatic N) is 3. The topological polar surface area (TPSA) is 64.5 Å². The first-order valence-electron chi connectivity index (χ1n) is 7.60. The minimum atomic E-state index is -0.206. The minimum Gasteiger partial charge on any atom is -0.490 e. The molecule has 1 saturated heterocycles. The highest BCUT2D eigenvalue weighted by molar-refractivity contribution is 6.28. The number of likely N-dealkylation sites (tertiary alicyclic amines) is 1. The second-order valence-electron chi connectivity index (χ2n) is 5.69. The van der Waals surface area contributed by atoms with Gasteiger partial charge in [-0.25, -0.2) is 14.8 Å². The van der Waals surface area contributed by atoms with Crippen molar-refractivity contribution in [2.45, 2.75) is 39.2 Å². The second-order valence-corrected chi connectivity index (χ2v) is 6.03.